The van der Waals surface area contributed by atoms with Gasteiger partial charge in [-0.25, -0.2) is 4.98 Å². The number of piperazine rings is 1. The van der Waals surface area contributed by atoms with Crippen molar-refractivity contribution in [3.8, 4) is 11.3 Å². The highest BCUT2D eigenvalue weighted by Crippen LogP contribution is 2.26. The Balaban J connectivity index is 1.35. The Hall–Kier alpha value is -3.66. The van der Waals surface area contributed by atoms with Gasteiger partial charge in [-0.2, -0.15) is 9.61 Å². The predicted octanol–water partition coefficient (Wildman–Crippen LogP) is 3.73. The average Bonchev–Trinajstić information content (AvgIpc) is 3.34. The number of hydrogen-bond donors (Lipinski definition) is 4. The largest absolute Gasteiger partial charge is 0.366 e. The van der Waals surface area contributed by atoms with Gasteiger partial charge in [0.25, 0.3) is 0 Å². The van der Waals surface area contributed by atoms with E-state index in [0.717, 1.165) is 16.9 Å². The van der Waals surface area contributed by atoms with Gasteiger partial charge in [0.1, 0.15) is 5.82 Å². The number of halogens is 2. The van der Waals surface area contributed by atoms with Crippen molar-refractivity contribution in [3.05, 3.63) is 76.4 Å². The van der Waals surface area contributed by atoms with Gasteiger partial charge in [0.2, 0.25) is 11.8 Å². The molecule has 0 spiro atoms. The first-order valence-electron chi connectivity index (χ1n) is 11.4. The summed E-state index contributed by atoms with van der Waals surface area (Å²) < 4.78 is 1.71. The van der Waals surface area contributed by atoms with Crippen molar-refractivity contribution >= 4 is 52.2 Å². The van der Waals surface area contributed by atoms with Crippen LogP contribution in [0.1, 0.15) is 12.0 Å². The maximum Gasteiger partial charge on any atom is 0.237 e. The Morgan fingerprint density at radius 1 is 1.11 bits per heavy atom. The minimum absolute atomic E-state index is 0.0530. The number of carbonyl (C=O) groups is 2. The summed E-state index contributed by atoms with van der Waals surface area (Å²) in [6.45, 7) is 1.67. The first-order chi connectivity index (χ1) is 17.5. The molecule has 1 aliphatic heterocycles. The van der Waals surface area contributed by atoms with E-state index in [1.165, 1.54) is 0 Å². The van der Waals surface area contributed by atoms with Gasteiger partial charge in [-0.05, 0) is 29.8 Å². The number of aromatic nitrogens is 3. The lowest BCUT2D eigenvalue weighted by Crippen LogP contribution is -2.53. The molecule has 1 atom stereocenters. The molecule has 3 heterocycles. The van der Waals surface area contributed by atoms with E-state index in [0.29, 0.717) is 46.7 Å². The summed E-state index contributed by atoms with van der Waals surface area (Å²) >= 11 is 12.3. The maximum atomic E-state index is 12.5. The number of carbonyl (C=O) groups excluding carboxylic acids is 2. The number of benzene rings is 2. The predicted molar refractivity (Wildman–Crippen MR) is 140 cm³/mol. The monoisotopic (exact) mass is 523 g/mol. The standard InChI is InChI=1S/C25H23Cl2N7O2/c26-17-5-4-16(19(27)11-17)14-30-23-12-20(33-22-6-7-31-34(22)23)15-2-1-3-18(10-15)32-24(35)13-21-25(36)29-9-8-28-21/h1-7,10-12,21,28,30H,8-9,13-14H2,(H,29,36)(H,32,35). The SMILES string of the molecule is O=C(CC1NCCNC1=O)Nc1cccc(-c2cc(NCc3ccc(Cl)cc3Cl)n3nccc3n2)c1. The fourth-order valence-corrected chi connectivity index (χ4v) is 4.48. The molecule has 0 aliphatic carbocycles. The Bertz CT molecular complexity index is 1440. The van der Waals surface area contributed by atoms with Crippen molar-refractivity contribution in [2.75, 3.05) is 23.7 Å². The van der Waals surface area contributed by atoms with Gasteiger partial charge in [0.05, 0.1) is 24.4 Å². The van der Waals surface area contributed by atoms with E-state index in [1.54, 1.807) is 28.9 Å². The Morgan fingerprint density at radius 2 is 2.00 bits per heavy atom. The van der Waals surface area contributed by atoms with Crippen molar-refractivity contribution < 1.29 is 9.59 Å². The second-order valence-electron chi connectivity index (χ2n) is 8.35. The molecule has 1 unspecified atom stereocenters. The van der Waals surface area contributed by atoms with E-state index in [1.807, 2.05) is 36.4 Å². The number of nitrogens with zero attached hydrogens (tertiary/aromatic N) is 3. The summed E-state index contributed by atoms with van der Waals surface area (Å²) in [5, 5.41) is 17.6. The molecule has 184 valence electrons. The van der Waals surface area contributed by atoms with Crippen LogP contribution in [0.5, 0.6) is 0 Å². The Kier molecular flexibility index (Phi) is 7.04. The van der Waals surface area contributed by atoms with Crippen LogP contribution in [-0.4, -0.2) is 45.5 Å². The molecule has 4 aromatic rings. The quantitative estimate of drug-likeness (QED) is 0.293. The molecule has 2 amide bonds. The van der Waals surface area contributed by atoms with Gasteiger partial charge in [0.15, 0.2) is 5.65 Å². The van der Waals surface area contributed by atoms with E-state index in [9.17, 15) is 9.59 Å². The van der Waals surface area contributed by atoms with Gasteiger partial charge < -0.3 is 21.3 Å². The highest BCUT2D eigenvalue weighted by atomic mass is 35.5. The highest BCUT2D eigenvalue weighted by molar-refractivity contribution is 6.35. The third-order valence-electron chi connectivity index (χ3n) is 5.80. The number of fused-ring (bicyclic) bond motifs is 1. The average molecular weight is 524 g/mol. The molecule has 0 radical (unpaired) electrons. The van der Waals surface area contributed by atoms with Gasteiger partial charge in [-0.3, -0.25) is 9.59 Å². The lowest BCUT2D eigenvalue weighted by Gasteiger charge is -2.22. The van der Waals surface area contributed by atoms with Crippen molar-refractivity contribution in [2.24, 2.45) is 0 Å². The van der Waals surface area contributed by atoms with Crippen molar-refractivity contribution in [1.82, 2.24) is 25.2 Å². The summed E-state index contributed by atoms with van der Waals surface area (Å²) in [7, 11) is 0. The van der Waals surface area contributed by atoms with Crippen LogP contribution in [0.3, 0.4) is 0 Å². The molecule has 1 aliphatic rings. The maximum absolute atomic E-state index is 12.5. The molecule has 9 nitrogen and oxygen atoms in total. The van der Waals surface area contributed by atoms with Crippen LogP contribution in [0, 0.1) is 0 Å². The lowest BCUT2D eigenvalue weighted by atomic mass is 10.1. The number of nitrogens with one attached hydrogen (secondary N) is 4. The number of amides is 2. The number of anilines is 2. The second-order valence-corrected chi connectivity index (χ2v) is 9.19. The van der Waals surface area contributed by atoms with Crippen molar-refractivity contribution in [1.29, 1.82) is 0 Å². The van der Waals surface area contributed by atoms with Crippen molar-refractivity contribution in [2.45, 2.75) is 19.0 Å². The molecular formula is C25H23Cl2N7O2. The van der Waals surface area contributed by atoms with Gasteiger partial charge in [0, 0.05) is 53.1 Å². The molecule has 4 N–H and O–H groups in total. The molecule has 11 heteroatoms. The lowest BCUT2D eigenvalue weighted by molar-refractivity contribution is -0.127. The van der Waals surface area contributed by atoms with E-state index in [-0.39, 0.29) is 18.2 Å². The van der Waals surface area contributed by atoms with Crippen LogP contribution in [0.15, 0.2) is 60.8 Å². The first kappa shape index (κ1) is 24.1. The topological polar surface area (TPSA) is 112 Å². The molecule has 2 aromatic carbocycles. The summed E-state index contributed by atoms with van der Waals surface area (Å²) in [4.78, 5) is 29.2. The van der Waals surface area contributed by atoms with E-state index < -0.39 is 6.04 Å². The summed E-state index contributed by atoms with van der Waals surface area (Å²) in [5.41, 5.74) is 3.70. The molecular weight excluding hydrogens is 501 g/mol. The Labute approximate surface area is 217 Å². The van der Waals surface area contributed by atoms with Crippen LogP contribution in [0.4, 0.5) is 11.5 Å². The van der Waals surface area contributed by atoms with Crippen molar-refractivity contribution in [3.63, 3.8) is 0 Å². The smallest absolute Gasteiger partial charge is 0.237 e. The van der Waals surface area contributed by atoms with E-state index >= 15 is 0 Å². The van der Waals surface area contributed by atoms with Gasteiger partial charge in [-0.15, -0.1) is 0 Å². The Morgan fingerprint density at radius 3 is 2.83 bits per heavy atom. The van der Waals surface area contributed by atoms with E-state index in [4.69, 9.17) is 28.2 Å². The number of hydrogen-bond acceptors (Lipinski definition) is 6. The minimum atomic E-state index is -0.532. The van der Waals surface area contributed by atoms with Gasteiger partial charge >= 0.3 is 0 Å². The summed E-state index contributed by atoms with van der Waals surface area (Å²) in [6, 6.07) is 16.0. The molecule has 1 saturated heterocycles. The molecule has 5 rings (SSSR count). The molecule has 0 bridgehead atoms. The van der Waals surface area contributed by atoms with Crippen LogP contribution in [0.25, 0.3) is 16.9 Å². The van der Waals surface area contributed by atoms with Crippen LogP contribution < -0.4 is 21.3 Å². The highest BCUT2D eigenvalue weighted by Gasteiger charge is 2.24. The van der Waals surface area contributed by atoms with Gasteiger partial charge in [-0.1, -0.05) is 41.4 Å². The van der Waals surface area contributed by atoms with Crippen LogP contribution >= 0.6 is 23.2 Å². The number of rotatable bonds is 7. The third-order valence-corrected chi connectivity index (χ3v) is 6.38. The van der Waals surface area contributed by atoms with Crippen LogP contribution in [-0.2, 0) is 16.1 Å². The fourth-order valence-electron chi connectivity index (χ4n) is 4.00. The third kappa shape index (κ3) is 5.43. The molecule has 36 heavy (non-hydrogen) atoms. The fraction of sp³-hybridized carbons (Fsp3) is 0.200. The minimum Gasteiger partial charge on any atom is -0.366 e. The van der Waals surface area contributed by atoms with E-state index in [2.05, 4.69) is 26.4 Å². The first-order valence-corrected chi connectivity index (χ1v) is 12.2. The molecule has 1 fully saturated rings. The zero-order valence-corrected chi connectivity index (χ0v) is 20.6. The summed E-state index contributed by atoms with van der Waals surface area (Å²) in [5.74, 6) is 0.321. The molecule has 2 aromatic heterocycles. The molecule has 0 saturated carbocycles. The second kappa shape index (κ2) is 10.5. The van der Waals surface area contributed by atoms with Crippen LogP contribution in [0.2, 0.25) is 10.0 Å². The normalized spacial score (nSPS) is 15.5. The zero-order valence-electron chi connectivity index (χ0n) is 19.1. The zero-order chi connectivity index (χ0) is 25.1. The summed E-state index contributed by atoms with van der Waals surface area (Å²) in [6.07, 6.45) is 1.73.